The molecule has 1 aromatic carbocycles. The Morgan fingerprint density at radius 1 is 1.19 bits per heavy atom. The van der Waals surface area contributed by atoms with Gasteiger partial charge < -0.3 is 10.5 Å². The van der Waals surface area contributed by atoms with Gasteiger partial charge in [0.2, 0.25) is 0 Å². The number of benzene rings is 1. The van der Waals surface area contributed by atoms with E-state index >= 15 is 0 Å². The molecule has 0 radical (unpaired) electrons. The lowest BCUT2D eigenvalue weighted by atomic mass is 10.1. The summed E-state index contributed by atoms with van der Waals surface area (Å²) in [7, 11) is 0. The molecule has 0 saturated heterocycles. The Hall–Kier alpha value is -1.02. The standard InChI is InChI=1S/C14H23NO/c1-4-13(15)6-5-7-16-14-9-11(2)8-12(3)10-14/h8-10,13H,4-7,15H2,1-3H3. The number of nitrogens with two attached hydrogens (primary N) is 1. The summed E-state index contributed by atoms with van der Waals surface area (Å²) in [6.07, 6.45) is 3.12. The summed E-state index contributed by atoms with van der Waals surface area (Å²) in [6, 6.07) is 6.63. The molecule has 0 amide bonds. The maximum atomic E-state index is 5.85. The van der Waals surface area contributed by atoms with Crippen LogP contribution in [0.25, 0.3) is 0 Å². The van der Waals surface area contributed by atoms with E-state index in [4.69, 9.17) is 10.5 Å². The van der Waals surface area contributed by atoms with Crippen molar-refractivity contribution in [2.45, 2.75) is 46.1 Å². The Morgan fingerprint density at radius 3 is 2.38 bits per heavy atom. The third kappa shape index (κ3) is 4.67. The predicted molar refractivity (Wildman–Crippen MR) is 68.9 cm³/mol. The van der Waals surface area contributed by atoms with Gasteiger partial charge in [0.1, 0.15) is 5.75 Å². The van der Waals surface area contributed by atoms with Crippen LogP contribution < -0.4 is 10.5 Å². The minimum atomic E-state index is 0.322. The van der Waals surface area contributed by atoms with Crippen molar-refractivity contribution >= 4 is 0 Å². The highest BCUT2D eigenvalue weighted by Crippen LogP contribution is 2.16. The van der Waals surface area contributed by atoms with Crippen LogP contribution in [0.4, 0.5) is 0 Å². The topological polar surface area (TPSA) is 35.2 Å². The number of aryl methyl sites for hydroxylation is 2. The number of hydrogen-bond donors (Lipinski definition) is 1. The molecule has 2 N–H and O–H groups in total. The average Bonchev–Trinajstić information content (AvgIpc) is 2.22. The summed E-state index contributed by atoms with van der Waals surface area (Å²) >= 11 is 0. The van der Waals surface area contributed by atoms with Crippen molar-refractivity contribution in [3.63, 3.8) is 0 Å². The second kappa shape index (κ2) is 6.54. The maximum absolute atomic E-state index is 5.85. The Balaban J connectivity index is 2.32. The molecular weight excluding hydrogens is 198 g/mol. The van der Waals surface area contributed by atoms with E-state index in [1.165, 1.54) is 11.1 Å². The van der Waals surface area contributed by atoms with Gasteiger partial charge >= 0.3 is 0 Å². The molecular formula is C14H23NO. The molecule has 0 fully saturated rings. The molecule has 0 aliphatic carbocycles. The van der Waals surface area contributed by atoms with Crippen LogP contribution in [0.3, 0.4) is 0 Å². The van der Waals surface area contributed by atoms with Gasteiger partial charge in [-0.05, 0) is 56.4 Å². The first-order chi connectivity index (χ1) is 7.61. The van der Waals surface area contributed by atoms with E-state index in [1.807, 2.05) is 0 Å². The fourth-order valence-electron chi connectivity index (χ4n) is 1.76. The number of rotatable bonds is 6. The second-order valence-corrected chi connectivity index (χ2v) is 4.48. The Labute approximate surface area is 98.8 Å². The van der Waals surface area contributed by atoms with Crippen LogP contribution in [0.1, 0.15) is 37.3 Å². The zero-order valence-electron chi connectivity index (χ0n) is 10.6. The van der Waals surface area contributed by atoms with Crippen LogP contribution in [0.2, 0.25) is 0 Å². The van der Waals surface area contributed by atoms with Crippen molar-refractivity contribution in [3.8, 4) is 5.75 Å². The summed E-state index contributed by atoms with van der Waals surface area (Å²) in [5, 5.41) is 0. The van der Waals surface area contributed by atoms with Crippen molar-refractivity contribution in [1.82, 2.24) is 0 Å². The van der Waals surface area contributed by atoms with Gasteiger partial charge in [0.05, 0.1) is 6.61 Å². The maximum Gasteiger partial charge on any atom is 0.119 e. The van der Waals surface area contributed by atoms with Gasteiger partial charge in [-0.1, -0.05) is 13.0 Å². The van der Waals surface area contributed by atoms with E-state index in [1.54, 1.807) is 0 Å². The first-order valence-corrected chi connectivity index (χ1v) is 6.08. The molecule has 2 heteroatoms. The zero-order chi connectivity index (χ0) is 12.0. The SMILES string of the molecule is CCC(N)CCCOc1cc(C)cc(C)c1. The van der Waals surface area contributed by atoms with Gasteiger partial charge in [-0.2, -0.15) is 0 Å². The highest BCUT2D eigenvalue weighted by molar-refractivity contribution is 5.32. The van der Waals surface area contributed by atoms with Gasteiger partial charge in [-0.15, -0.1) is 0 Å². The van der Waals surface area contributed by atoms with Crippen molar-refractivity contribution in [1.29, 1.82) is 0 Å². The quantitative estimate of drug-likeness (QED) is 0.749. The van der Waals surface area contributed by atoms with Crippen LogP contribution in [0.15, 0.2) is 18.2 Å². The number of ether oxygens (including phenoxy) is 1. The van der Waals surface area contributed by atoms with Gasteiger partial charge in [-0.3, -0.25) is 0 Å². The largest absolute Gasteiger partial charge is 0.494 e. The van der Waals surface area contributed by atoms with E-state index in [0.29, 0.717) is 6.04 Å². The molecule has 1 atom stereocenters. The molecule has 0 heterocycles. The first kappa shape index (κ1) is 13.0. The lowest BCUT2D eigenvalue weighted by Gasteiger charge is -2.10. The second-order valence-electron chi connectivity index (χ2n) is 4.48. The Kier molecular flexibility index (Phi) is 5.33. The van der Waals surface area contributed by atoms with E-state index < -0.39 is 0 Å². The third-order valence-corrected chi connectivity index (χ3v) is 2.71. The predicted octanol–water partition coefficient (Wildman–Crippen LogP) is 3.20. The minimum absolute atomic E-state index is 0.322. The fraction of sp³-hybridized carbons (Fsp3) is 0.571. The van der Waals surface area contributed by atoms with Crippen LogP contribution >= 0.6 is 0 Å². The molecule has 0 aliphatic heterocycles. The van der Waals surface area contributed by atoms with E-state index in [9.17, 15) is 0 Å². The van der Waals surface area contributed by atoms with Gasteiger partial charge in [0.25, 0.3) is 0 Å². The van der Waals surface area contributed by atoms with Crippen molar-refractivity contribution in [2.75, 3.05) is 6.61 Å². The minimum Gasteiger partial charge on any atom is -0.494 e. The van der Waals surface area contributed by atoms with Crippen molar-refractivity contribution in [3.05, 3.63) is 29.3 Å². The highest BCUT2D eigenvalue weighted by atomic mass is 16.5. The molecule has 0 aliphatic rings. The normalized spacial score (nSPS) is 12.5. The fourth-order valence-corrected chi connectivity index (χ4v) is 1.76. The number of hydrogen-bond acceptors (Lipinski definition) is 2. The van der Waals surface area contributed by atoms with E-state index in [-0.39, 0.29) is 0 Å². The molecule has 0 bridgehead atoms. The molecule has 1 aromatic rings. The summed E-state index contributed by atoms with van der Waals surface area (Å²) < 4.78 is 5.71. The highest BCUT2D eigenvalue weighted by Gasteiger charge is 2.00. The summed E-state index contributed by atoms with van der Waals surface area (Å²) in [5.41, 5.74) is 8.35. The smallest absolute Gasteiger partial charge is 0.119 e. The lowest BCUT2D eigenvalue weighted by molar-refractivity contribution is 0.300. The average molecular weight is 221 g/mol. The molecule has 0 saturated carbocycles. The van der Waals surface area contributed by atoms with Crippen LogP contribution in [0, 0.1) is 13.8 Å². The van der Waals surface area contributed by atoms with Crippen molar-refractivity contribution in [2.24, 2.45) is 5.73 Å². The molecule has 1 rings (SSSR count). The molecule has 16 heavy (non-hydrogen) atoms. The summed E-state index contributed by atoms with van der Waals surface area (Å²) in [5.74, 6) is 0.975. The van der Waals surface area contributed by atoms with E-state index in [2.05, 4.69) is 39.0 Å². The van der Waals surface area contributed by atoms with Gasteiger partial charge in [0, 0.05) is 6.04 Å². The van der Waals surface area contributed by atoms with E-state index in [0.717, 1.165) is 31.6 Å². The summed E-state index contributed by atoms with van der Waals surface area (Å²) in [6.45, 7) is 7.06. The molecule has 0 spiro atoms. The summed E-state index contributed by atoms with van der Waals surface area (Å²) in [4.78, 5) is 0. The van der Waals surface area contributed by atoms with Crippen LogP contribution in [-0.2, 0) is 0 Å². The molecule has 2 nitrogen and oxygen atoms in total. The molecule has 1 unspecified atom stereocenters. The first-order valence-electron chi connectivity index (χ1n) is 6.08. The van der Waals surface area contributed by atoms with Crippen LogP contribution in [-0.4, -0.2) is 12.6 Å². The molecule has 90 valence electrons. The molecule has 0 aromatic heterocycles. The monoisotopic (exact) mass is 221 g/mol. The van der Waals surface area contributed by atoms with Gasteiger partial charge in [0.15, 0.2) is 0 Å². The van der Waals surface area contributed by atoms with Crippen molar-refractivity contribution < 1.29 is 4.74 Å². The van der Waals surface area contributed by atoms with Gasteiger partial charge in [-0.25, -0.2) is 0 Å². The third-order valence-electron chi connectivity index (χ3n) is 2.71. The zero-order valence-corrected chi connectivity index (χ0v) is 10.6. The Morgan fingerprint density at radius 2 is 1.81 bits per heavy atom. The Bertz CT molecular complexity index is 302. The van der Waals surface area contributed by atoms with Crippen LogP contribution in [0.5, 0.6) is 5.75 Å². The lowest BCUT2D eigenvalue weighted by Crippen LogP contribution is -2.19.